The van der Waals surface area contributed by atoms with Crippen LogP contribution in [0.1, 0.15) is 21.5 Å². The van der Waals surface area contributed by atoms with E-state index < -0.39 is 0 Å². The van der Waals surface area contributed by atoms with E-state index in [2.05, 4.69) is 5.32 Å². The zero-order valence-electron chi connectivity index (χ0n) is 12.2. The second-order valence-electron chi connectivity index (χ2n) is 4.77. The molecule has 0 spiro atoms. The number of benzene rings is 2. The molecule has 0 fully saturated rings. The molecule has 0 bridgehead atoms. The van der Waals surface area contributed by atoms with Crippen molar-refractivity contribution in [2.24, 2.45) is 0 Å². The lowest BCUT2D eigenvalue weighted by atomic mass is 10.1. The van der Waals surface area contributed by atoms with Crippen LogP contribution in [0, 0.1) is 13.8 Å². The predicted octanol–water partition coefficient (Wildman–Crippen LogP) is 3.80. The molecule has 3 N–H and O–H groups in total. The summed E-state index contributed by atoms with van der Waals surface area (Å²) in [6.45, 7) is 3.88. The van der Waals surface area contributed by atoms with Gasteiger partial charge in [-0.15, -0.1) is 0 Å². The van der Waals surface area contributed by atoms with E-state index in [1.807, 2.05) is 19.9 Å². The average Bonchev–Trinajstić information content (AvgIpc) is 2.47. The Hall–Kier alpha value is -2.20. The van der Waals surface area contributed by atoms with E-state index in [9.17, 15) is 4.79 Å². The van der Waals surface area contributed by atoms with Crippen molar-refractivity contribution in [3.8, 4) is 5.75 Å². The molecule has 0 saturated heterocycles. The van der Waals surface area contributed by atoms with Crippen LogP contribution < -0.4 is 15.8 Å². The summed E-state index contributed by atoms with van der Waals surface area (Å²) in [5.41, 5.74) is 9.43. The predicted molar refractivity (Wildman–Crippen MR) is 86.3 cm³/mol. The maximum absolute atomic E-state index is 12.5. The van der Waals surface area contributed by atoms with Crippen LogP contribution in [-0.2, 0) is 0 Å². The smallest absolute Gasteiger partial charge is 0.259 e. The van der Waals surface area contributed by atoms with Crippen molar-refractivity contribution < 1.29 is 9.53 Å². The first-order valence-electron chi connectivity index (χ1n) is 6.44. The molecule has 0 unspecified atom stereocenters. The molecule has 0 aliphatic rings. The fraction of sp³-hybridized carbons (Fsp3) is 0.188. The molecule has 0 atom stereocenters. The quantitative estimate of drug-likeness (QED) is 0.848. The maximum Gasteiger partial charge on any atom is 0.259 e. The fourth-order valence-electron chi connectivity index (χ4n) is 2.04. The molecular weight excluding hydrogens is 288 g/mol. The third kappa shape index (κ3) is 3.11. The van der Waals surface area contributed by atoms with E-state index >= 15 is 0 Å². The lowest BCUT2D eigenvalue weighted by Gasteiger charge is -2.14. The lowest BCUT2D eigenvalue weighted by Crippen LogP contribution is -2.15. The van der Waals surface area contributed by atoms with Gasteiger partial charge >= 0.3 is 0 Å². The van der Waals surface area contributed by atoms with Crippen LogP contribution in [0.4, 0.5) is 11.4 Å². The Morgan fingerprint density at radius 2 is 1.95 bits per heavy atom. The van der Waals surface area contributed by atoms with Crippen molar-refractivity contribution in [3.05, 3.63) is 52.0 Å². The van der Waals surface area contributed by atoms with Gasteiger partial charge in [0.05, 0.1) is 24.0 Å². The summed E-state index contributed by atoms with van der Waals surface area (Å²) in [6, 6.07) is 8.58. The van der Waals surface area contributed by atoms with E-state index in [0.29, 0.717) is 27.7 Å². The van der Waals surface area contributed by atoms with Gasteiger partial charge in [0.25, 0.3) is 5.91 Å². The van der Waals surface area contributed by atoms with Gasteiger partial charge in [-0.2, -0.15) is 0 Å². The summed E-state index contributed by atoms with van der Waals surface area (Å²) < 4.78 is 5.19. The monoisotopic (exact) mass is 304 g/mol. The number of hydrogen-bond donors (Lipinski definition) is 2. The normalized spacial score (nSPS) is 10.3. The highest BCUT2D eigenvalue weighted by molar-refractivity contribution is 6.31. The minimum absolute atomic E-state index is 0.310. The minimum Gasteiger partial charge on any atom is -0.496 e. The van der Waals surface area contributed by atoms with Gasteiger partial charge in [-0.05, 0) is 49.2 Å². The van der Waals surface area contributed by atoms with Gasteiger partial charge in [0.1, 0.15) is 5.75 Å². The van der Waals surface area contributed by atoms with Gasteiger partial charge < -0.3 is 15.8 Å². The van der Waals surface area contributed by atoms with E-state index in [-0.39, 0.29) is 5.91 Å². The first-order chi connectivity index (χ1) is 9.93. The zero-order valence-corrected chi connectivity index (χ0v) is 12.9. The van der Waals surface area contributed by atoms with Crippen LogP contribution >= 0.6 is 11.6 Å². The topological polar surface area (TPSA) is 64.3 Å². The molecule has 0 heterocycles. The van der Waals surface area contributed by atoms with Gasteiger partial charge in [0.15, 0.2) is 0 Å². The van der Waals surface area contributed by atoms with E-state index in [0.717, 1.165) is 11.1 Å². The Labute approximate surface area is 128 Å². The molecule has 0 aromatic heterocycles. The molecule has 4 nitrogen and oxygen atoms in total. The number of rotatable bonds is 3. The van der Waals surface area contributed by atoms with Gasteiger partial charge in [0.2, 0.25) is 0 Å². The molecule has 110 valence electrons. The van der Waals surface area contributed by atoms with E-state index in [1.165, 1.54) is 7.11 Å². The van der Waals surface area contributed by atoms with E-state index in [4.69, 9.17) is 22.1 Å². The van der Waals surface area contributed by atoms with Crippen LogP contribution in [0.3, 0.4) is 0 Å². The summed E-state index contributed by atoms with van der Waals surface area (Å²) in [6.07, 6.45) is 0. The molecule has 0 aliphatic heterocycles. The molecule has 0 saturated carbocycles. The highest BCUT2D eigenvalue weighted by atomic mass is 35.5. The van der Waals surface area contributed by atoms with Crippen LogP contribution in [0.25, 0.3) is 0 Å². The number of carbonyl (C=O) groups is 1. The second kappa shape index (κ2) is 6.06. The summed E-state index contributed by atoms with van der Waals surface area (Å²) in [5.74, 6) is 0.149. The largest absolute Gasteiger partial charge is 0.496 e. The molecule has 0 aliphatic carbocycles. The summed E-state index contributed by atoms with van der Waals surface area (Å²) in [4.78, 5) is 12.5. The number of nitrogens with one attached hydrogen (secondary N) is 1. The van der Waals surface area contributed by atoms with Gasteiger partial charge in [0, 0.05) is 5.02 Å². The number of carbonyl (C=O) groups excluding carboxylic acids is 1. The number of nitrogens with two attached hydrogens (primary N) is 1. The number of halogens is 1. The third-order valence-corrected chi connectivity index (χ3v) is 3.65. The second-order valence-corrected chi connectivity index (χ2v) is 5.21. The number of nitrogen functional groups attached to an aromatic ring is 1. The van der Waals surface area contributed by atoms with Crippen molar-refractivity contribution in [2.75, 3.05) is 18.2 Å². The molecule has 2 aromatic rings. The first-order valence-corrected chi connectivity index (χ1v) is 6.82. The number of ether oxygens (including phenoxy) is 1. The number of amides is 1. The van der Waals surface area contributed by atoms with Crippen molar-refractivity contribution in [1.82, 2.24) is 0 Å². The Kier molecular flexibility index (Phi) is 4.38. The maximum atomic E-state index is 12.5. The van der Waals surface area contributed by atoms with Crippen molar-refractivity contribution in [2.45, 2.75) is 13.8 Å². The van der Waals surface area contributed by atoms with Crippen LogP contribution in [0.15, 0.2) is 30.3 Å². The lowest BCUT2D eigenvalue weighted by molar-refractivity contribution is 0.102. The average molecular weight is 305 g/mol. The van der Waals surface area contributed by atoms with Gasteiger partial charge in [-0.1, -0.05) is 17.7 Å². The van der Waals surface area contributed by atoms with E-state index in [1.54, 1.807) is 24.3 Å². The SMILES string of the molecule is COc1ccc(Cl)cc1C(=O)Nc1c(N)ccc(C)c1C. The van der Waals surface area contributed by atoms with Gasteiger partial charge in [-0.25, -0.2) is 0 Å². The Morgan fingerprint density at radius 1 is 1.24 bits per heavy atom. The summed E-state index contributed by atoms with van der Waals surface area (Å²) in [7, 11) is 1.51. The summed E-state index contributed by atoms with van der Waals surface area (Å²) >= 11 is 5.95. The number of aryl methyl sites for hydroxylation is 1. The number of anilines is 2. The first kappa shape index (κ1) is 15.2. The Bertz CT molecular complexity index is 699. The van der Waals surface area contributed by atoms with Crippen LogP contribution in [0.2, 0.25) is 5.02 Å². The minimum atomic E-state index is -0.310. The van der Waals surface area contributed by atoms with Crippen LogP contribution in [0.5, 0.6) is 5.75 Å². The molecule has 2 rings (SSSR count). The third-order valence-electron chi connectivity index (χ3n) is 3.41. The molecule has 1 amide bonds. The molecule has 0 radical (unpaired) electrons. The Morgan fingerprint density at radius 3 is 2.62 bits per heavy atom. The molecule has 5 heteroatoms. The number of methoxy groups -OCH3 is 1. The van der Waals surface area contributed by atoms with Crippen molar-refractivity contribution in [3.63, 3.8) is 0 Å². The highest BCUT2D eigenvalue weighted by Gasteiger charge is 2.16. The Balaban J connectivity index is 2.39. The van der Waals surface area contributed by atoms with Gasteiger partial charge in [-0.3, -0.25) is 4.79 Å². The number of hydrogen-bond acceptors (Lipinski definition) is 3. The molecule has 2 aromatic carbocycles. The molecular formula is C16H17ClN2O2. The van der Waals surface area contributed by atoms with Crippen molar-refractivity contribution in [1.29, 1.82) is 0 Å². The highest BCUT2D eigenvalue weighted by Crippen LogP contribution is 2.28. The zero-order chi connectivity index (χ0) is 15.6. The van der Waals surface area contributed by atoms with Crippen LogP contribution in [-0.4, -0.2) is 13.0 Å². The van der Waals surface area contributed by atoms with Crippen molar-refractivity contribution >= 4 is 28.9 Å². The molecule has 21 heavy (non-hydrogen) atoms. The standard InChI is InChI=1S/C16H17ClN2O2/c1-9-4-6-13(18)15(10(9)2)19-16(20)12-8-11(17)5-7-14(12)21-3/h4-8H,18H2,1-3H3,(H,19,20). The summed E-state index contributed by atoms with van der Waals surface area (Å²) in [5, 5.41) is 3.30. The fourth-order valence-corrected chi connectivity index (χ4v) is 2.21.